The van der Waals surface area contributed by atoms with E-state index in [9.17, 15) is 9.59 Å². The van der Waals surface area contributed by atoms with Gasteiger partial charge in [-0.25, -0.2) is 0 Å². The first-order valence-corrected chi connectivity index (χ1v) is 6.60. The van der Waals surface area contributed by atoms with E-state index in [1.807, 2.05) is 20.8 Å². The Bertz CT molecular complexity index is 453. The molecule has 1 aromatic carbocycles. The Morgan fingerprint density at radius 2 is 1.80 bits per heavy atom. The zero-order chi connectivity index (χ0) is 15.1. The summed E-state index contributed by atoms with van der Waals surface area (Å²) in [5.41, 5.74) is 0.519. The van der Waals surface area contributed by atoms with Gasteiger partial charge in [0.05, 0.1) is 13.7 Å². The quantitative estimate of drug-likeness (QED) is 0.748. The van der Waals surface area contributed by atoms with Gasteiger partial charge < -0.3 is 14.4 Å². The minimum atomic E-state index is -0.432. The molecule has 0 aliphatic heterocycles. The zero-order valence-corrected chi connectivity index (χ0v) is 12.4. The van der Waals surface area contributed by atoms with Crippen molar-refractivity contribution < 1.29 is 19.1 Å². The summed E-state index contributed by atoms with van der Waals surface area (Å²) in [4.78, 5) is 25.2. The molecule has 110 valence electrons. The lowest BCUT2D eigenvalue weighted by molar-refractivity contribution is -0.141. The lowest BCUT2D eigenvalue weighted by Gasteiger charge is -2.25. The highest BCUT2D eigenvalue weighted by molar-refractivity contribution is 5.96. The molecule has 20 heavy (non-hydrogen) atoms. The number of rotatable bonds is 6. The minimum absolute atomic E-state index is 0.0553. The van der Waals surface area contributed by atoms with Crippen molar-refractivity contribution in [3.05, 3.63) is 29.8 Å². The molecule has 0 saturated heterocycles. The molecule has 0 aliphatic carbocycles. The second kappa shape index (κ2) is 7.53. The van der Waals surface area contributed by atoms with Crippen molar-refractivity contribution in [1.82, 2.24) is 4.90 Å². The molecule has 1 amide bonds. The highest BCUT2D eigenvalue weighted by Gasteiger charge is 2.21. The van der Waals surface area contributed by atoms with Gasteiger partial charge in [-0.15, -0.1) is 0 Å². The van der Waals surface area contributed by atoms with Crippen molar-refractivity contribution in [2.24, 2.45) is 0 Å². The first-order valence-electron chi connectivity index (χ1n) is 6.60. The molecule has 1 aromatic rings. The molecule has 0 heterocycles. The third-order valence-corrected chi connectivity index (χ3v) is 2.82. The first kappa shape index (κ1) is 16.0. The Morgan fingerprint density at radius 3 is 2.25 bits per heavy atom. The second-order valence-corrected chi connectivity index (χ2v) is 4.56. The van der Waals surface area contributed by atoms with Crippen molar-refractivity contribution in [2.75, 3.05) is 20.3 Å². The Balaban J connectivity index is 2.86. The fourth-order valence-electron chi connectivity index (χ4n) is 1.72. The van der Waals surface area contributed by atoms with E-state index in [1.54, 1.807) is 24.3 Å². The van der Waals surface area contributed by atoms with Gasteiger partial charge in [-0.05, 0) is 45.0 Å². The maximum atomic E-state index is 12.4. The molecule has 0 radical (unpaired) electrons. The Kier molecular flexibility index (Phi) is 6.03. The SMILES string of the molecule is CCOc1ccc(C(=O)N(CC(=O)OC)C(C)C)cc1. The van der Waals surface area contributed by atoms with E-state index in [1.165, 1.54) is 12.0 Å². The fraction of sp³-hybridized carbons (Fsp3) is 0.467. The van der Waals surface area contributed by atoms with Crippen LogP contribution in [-0.4, -0.2) is 43.1 Å². The summed E-state index contributed by atoms with van der Waals surface area (Å²) < 4.78 is 9.95. The second-order valence-electron chi connectivity index (χ2n) is 4.56. The van der Waals surface area contributed by atoms with Crippen LogP contribution in [0.3, 0.4) is 0 Å². The normalized spacial score (nSPS) is 10.2. The van der Waals surface area contributed by atoms with Gasteiger partial charge in [-0.2, -0.15) is 0 Å². The van der Waals surface area contributed by atoms with Crippen molar-refractivity contribution in [3.63, 3.8) is 0 Å². The highest BCUT2D eigenvalue weighted by Crippen LogP contribution is 2.15. The van der Waals surface area contributed by atoms with Crippen LogP contribution in [0.1, 0.15) is 31.1 Å². The fourth-order valence-corrected chi connectivity index (χ4v) is 1.72. The number of amides is 1. The molecular formula is C15H21NO4. The van der Waals surface area contributed by atoms with Gasteiger partial charge in [0.1, 0.15) is 12.3 Å². The largest absolute Gasteiger partial charge is 0.494 e. The highest BCUT2D eigenvalue weighted by atomic mass is 16.5. The lowest BCUT2D eigenvalue weighted by atomic mass is 10.1. The van der Waals surface area contributed by atoms with E-state index in [2.05, 4.69) is 4.74 Å². The Labute approximate surface area is 119 Å². The third kappa shape index (κ3) is 4.26. The predicted molar refractivity (Wildman–Crippen MR) is 75.8 cm³/mol. The van der Waals surface area contributed by atoms with Crippen LogP contribution in [0.2, 0.25) is 0 Å². The molecule has 0 unspecified atom stereocenters. The summed E-state index contributed by atoms with van der Waals surface area (Å²) in [6.45, 7) is 6.13. The lowest BCUT2D eigenvalue weighted by Crippen LogP contribution is -2.41. The van der Waals surface area contributed by atoms with Gasteiger partial charge in [0.25, 0.3) is 5.91 Å². The van der Waals surface area contributed by atoms with Crippen molar-refractivity contribution in [2.45, 2.75) is 26.8 Å². The molecule has 5 heteroatoms. The third-order valence-electron chi connectivity index (χ3n) is 2.82. The Morgan fingerprint density at radius 1 is 1.20 bits per heavy atom. The predicted octanol–water partition coefficient (Wildman–Crippen LogP) is 2.11. The molecule has 5 nitrogen and oxygen atoms in total. The van der Waals surface area contributed by atoms with Crippen LogP contribution in [0.4, 0.5) is 0 Å². The van der Waals surface area contributed by atoms with Gasteiger partial charge in [0.2, 0.25) is 0 Å². The van der Waals surface area contributed by atoms with Gasteiger partial charge >= 0.3 is 5.97 Å². The summed E-state index contributed by atoms with van der Waals surface area (Å²) in [5, 5.41) is 0. The maximum absolute atomic E-state index is 12.4. The average Bonchev–Trinajstić information content (AvgIpc) is 2.44. The molecule has 0 spiro atoms. The van der Waals surface area contributed by atoms with Crippen LogP contribution in [0.15, 0.2) is 24.3 Å². The smallest absolute Gasteiger partial charge is 0.325 e. The van der Waals surface area contributed by atoms with Gasteiger partial charge in [-0.3, -0.25) is 9.59 Å². The number of benzene rings is 1. The van der Waals surface area contributed by atoms with Crippen LogP contribution >= 0.6 is 0 Å². The van der Waals surface area contributed by atoms with Crippen molar-refractivity contribution in [1.29, 1.82) is 0 Å². The molecule has 0 bridgehead atoms. The number of carbonyl (C=O) groups excluding carboxylic acids is 2. The first-order chi connectivity index (χ1) is 9.49. The number of esters is 1. The number of ether oxygens (including phenoxy) is 2. The van der Waals surface area contributed by atoms with Crippen LogP contribution in [-0.2, 0) is 9.53 Å². The van der Waals surface area contributed by atoms with Gasteiger partial charge in [0, 0.05) is 11.6 Å². The van der Waals surface area contributed by atoms with Crippen LogP contribution < -0.4 is 4.74 Å². The van der Waals surface area contributed by atoms with E-state index in [-0.39, 0.29) is 18.5 Å². The van der Waals surface area contributed by atoms with Gasteiger partial charge in [-0.1, -0.05) is 0 Å². The van der Waals surface area contributed by atoms with Crippen molar-refractivity contribution >= 4 is 11.9 Å². The number of nitrogens with zero attached hydrogens (tertiary/aromatic N) is 1. The van der Waals surface area contributed by atoms with E-state index >= 15 is 0 Å². The van der Waals surface area contributed by atoms with E-state index < -0.39 is 5.97 Å². The number of hydrogen-bond acceptors (Lipinski definition) is 4. The van der Waals surface area contributed by atoms with Crippen LogP contribution in [0, 0.1) is 0 Å². The van der Waals surface area contributed by atoms with Gasteiger partial charge in [0.15, 0.2) is 0 Å². The monoisotopic (exact) mass is 279 g/mol. The van der Waals surface area contributed by atoms with Crippen LogP contribution in [0.25, 0.3) is 0 Å². The van der Waals surface area contributed by atoms with E-state index in [0.717, 1.165) is 0 Å². The zero-order valence-electron chi connectivity index (χ0n) is 12.4. The number of hydrogen-bond donors (Lipinski definition) is 0. The summed E-state index contributed by atoms with van der Waals surface area (Å²) in [6.07, 6.45) is 0. The molecule has 1 rings (SSSR count). The Hall–Kier alpha value is -2.04. The van der Waals surface area contributed by atoms with E-state index in [0.29, 0.717) is 17.9 Å². The standard InChI is InChI=1S/C15H21NO4/c1-5-20-13-8-6-12(7-9-13)15(18)16(11(2)3)10-14(17)19-4/h6-9,11H,5,10H2,1-4H3. The molecule has 0 aromatic heterocycles. The molecule has 0 fully saturated rings. The maximum Gasteiger partial charge on any atom is 0.325 e. The number of carbonyl (C=O) groups is 2. The molecular weight excluding hydrogens is 258 g/mol. The minimum Gasteiger partial charge on any atom is -0.494 e. The molecule has 0 atom stereocenters. The van der Waals surface area contributed by atoms with E-state index in [4.69, 9.17) is 4.74 Å². The summed E-state index contributed by atoms with van der Waals surface area (Å²) >= 11 is 0. The summed E-state index contributed by atoms with van der Waals surface area (Å²) in [5.74, 6) is 0.0829. The topological polar surface area (TPSA) is 55.8 Å². The molecule has 0 saturated carbocycles. The summed E-state index contributed by atoms with van der Waals surface area (Å²) in [7, 11) is 1.31. The number of methoxy groups -OCH3 is 1. The molecule has 0 aliphatic rings. The average molecular weight is 279 g/mol. The van der Waals surface area contributed by atoms with Crippen LogP contribution in [0.5, 0.6) is 5.75 Å². The summed E-state index contributed by atoms with van der Waals surface area (Å²) in [6, 6.07) is 6.79. The van der Waals surface area contributed by atoms with Crippen molar-refractivity contribution in [3.8, 4) is 5.75 Å². The molecule has 0 N–H and O–H groups in total.